The number of carbonyl (C=O) groups is 1. The molecular formula is C9H15NO3. The molecule has 1 aliphatic rings. The fourth-order valence-corrected chi connectivity index (χ4v) is 1.43. The Hall–Kier alpha value is -1.03. The summed E-state index contributed by atoms with van der Waals surface area (Å²) in [6, 6.07) is 0.210. The lowest BCUT2D eigenvalue weighted by atomic mass is 10.0. The van der Waals surface area contributed by atoms with E-state index in [0.29, 0.717) is 0 Å². The summed E-state index contributed by atoms with van der Waals surface area (Å²) in [6.07, 6.45) is 5.58. The molecule has 4 heteroatoms. The third kappa shape index (κ3) is 3.94. The fourth-order valence-electron chi connectivity index (χ4n) is 1.43. The Balaban J connectivity index is 2.42. The molecule has 0 spiro atoms. The summed E-state index contributed by atoms with van der Waals surface area (Å²) in [5.74, 6) is 0. The summed E-state index contributed by atoms with van der Waals surface area (Å²) >= 11 is 0. The van der Waals surface area contributed by atoms with Crippen LogP contribution in [0, 0.1) is 0 Å². The standard InChI is InChI=1S/C9H15NO3/c10-7-3-1-5-8(6-2-4-7)13-9(11)12/h1,5,7-8H,2-4,6,10H2,(H,11,12). The van der Waals surface area contributed by atoms with Crippen LogP contribution in [0.4, 0.5) is 4.79 Å². The minimum atomic E-state index is -1.21. The van der Waals surface area contributed by atoms with E-state index >= 15 is 0 Å². The topological polar surface area (TPSA) is 72.5 Å². The summed E-state index contributed by atoms with van der Waals surface area (Å²) in [6.45, 7) is 0. The van der Waals surface area contributed by atoms with Gasteiger partial charge in [0.15, 0.2) is 0 Å². The summed E-state index contributed by atoms with van der Waals surface area (Å²) in [5, 5.41) is 8.40. The van der Waals surface area contributed by atoms with Gasteiger partial charge in [-0.3, -0.25) is 0 Å². The summed E-state index contributed by atoms with van der Waals surface area (Å²) in [7, 11) is 0. The molecule has 0 aliphatic heterocycles. The minimum Gasteiger partial charge on any atom is -0.450 e. The van der Waals surface area contributed by atoms with E-state index in [1.807, 2.05) is 6.08 Å². The Labute approximate surface area is 77.4 Å². The van der Waals surface area contributed by atoms with Crippen LogP contribution in [0.5, 0.6) is 0 Å². The average molecular weight is 185 g/mol. The van der Waals surface area contributed by atoms with Crippen molar-refractivity contribution in [1.29, 1.82) is 0 Å². The van der Waals surface area contributed by atoms with Crippen LogP contribution in [0.3, 0.4) is 0 Å². The van der Waals surface area contributed by atoms with Gasteiger partial charge in [0.25, 0.3) is 0 Å². The highest BCUT2D eigenvalue weighted by Crippen LogP contribution is 2.13. The van der Waals surface area contributed by atoms with Gasteiger partial charge >= 0.3 is 6.16 Å². The van der Waals surface area contributed by atoms with E-state index in [1.165, 1.54) is 0 Å². The normalized spacial score (nSPS) is 29.0. The molecule has 0 aromatic rings. The van der Waals surface area contributed by atoms with Gasteiger partial charge in [-0.1, -0.05) is 6.08 Å². The molecule has 0 bridgehead atoms. The van der Waals surface area contributed by atoms with Gasteiger partial charge in [-0.25, -0.2) is 4.79 Å². The number of hydrogen-bond donors (Lipinski definition) is 2. The molecule has 1 rings (SSSR count). The molecule has 0 heterocycles. The lowest BCUT2D eigenvalue weighted by Crippen LogP contribution is -2.22. The summed E-state index contributed by atoms with van der Waals surface area (Å²) in [4.78, 5) is 10.2. The zero-order chi connectivity index (χ0) is 9.68. The zero-order valence-corrected chi connectivity index (χ0v) is 7.48. The Morgan fingerprint density at radius 2 is 2.31 bits per heavy atom. The molecule has 3 N–H and O–H groups in total. The van der Waals surface area contributed by atoms with E-state index in [1.54, 1.807) is 6.08 Å². The molecule has 13 heavy (non-hydrogen) atoms. The van der Waals surface area contributed by atoms with Gasteiger partial charge in [-0.2, -0.15) is 0 Å². The van der Waals surface area contributed by atoms with Crippen LogP contribution in [0.2, 0.25) is 0 Å². The van der Waals surface area contributed by atoms with Gasteiger partial charge in [0.2, 0.25) is 0 Å². The molecule has 0 fully saturated rings. The molecule has 0 aromatic carbocycles. The van der Waals surface area contributed by atoms with E-state index in [9.17, 15) is 4.79 Å². The number of carboxylic acid groups (broad SMARTS) is 1. The van der Waals surface area contributed by atoms with E-state index in [-0.39, 0.29) is 12.1 Å². The lowest BCUT2D eigenvalue weighted by molar-refractivity contribution is 0.0647. The Kier molecular flexibility index (Phi) is 3.76. The van der Waals surface area contributed by atoms with Crippen LogP contribution in [0.1, 0.15) is 25.7 Å². The highest BCUT2D eigenvalue weighted by molar-refractivity contribution is 5.57. The molecule has 1 aliphatic carbocycles. The van der Waals surface area contributed by atoms with Crippen LogP contribution in [-0.2, 0) is 4.74 Å². The molecule has 0 saturated heterocycles. The largest absolute Gasteiger partial charge is 0.506 e. The van der Waals surface area contributed by atoms with Crippen LogP contribution in [0.15, 0.2) is 12.2 Å². The lowest BCUT2D eigenvalue weighted by Gasteiger charge is -2.16. The molecule has 0 radical (unpaired) electrons. The monoisotopic (exact) mass is 185 g/mol. The number of hydrogen-bond acceptors (Lipinski definition) is 3. The minimum absolute atomic E-state index is 0.210. The molecule has 0 aromatic heterocycles. The first-order valence-corrected chi connectivity index (χ1v) is 4.50. The van der Waals surface area contributed by atoms with Crippen molar-refractivity contribution < 1.29 is 14.6 Å². The van der Waals surface area contributed by atoms with Gasteiger partial charge in [0.05, 0.1) is 0 Å². The maximum absolute atomic E-state index is 10.2. The van der Waals surface area contributed by atoms with Crippen LogP contribution >= 0.6 is 0 Å². The number of nitrogens with two attached hydrogens (primary N) is 1. The van der Waals surface area contributed by atoms with Gasteiger partial charge in [-0.05, 0) is 31.8 Å². The Morgan fingerprint density at radius 1 is 1.54 bits per heavy atom. The third-order valence-electron chi connectivity index (χ3n) is 2.11. The third-order valence-corrected chi connectivity index (χ3v) is 2.11. The quantitative estimate of drug-likeness (QED) is 0.479. The van der Waals surface area contributed by atoms with E-state index in [0.717, 1.165) is 25.7 Å². The highest BCUT2D eigenvalue weighted by Gasteiger charge is 2.13. The predicted octanol–water partition coefficient (Wildman–Crippen LogP) is 1.51. The molecule has 2 atom stereocenters. The van der Waals surface area contributed by atoms with E-state index < -0.39 is 6.16 Å². The average Bonchev–Trinajstić information content (AvgIpc) is 1.99. The molecule has 0 saturated carbocycles. The second-order valence-electron chi connectivity index (χ2n) is 3.28. The zero-order valence-electron chi connectivity index (χ0n) is 7.48. The Bertz CT molecular complexity index is 203. The maximum Gasteiger partial charge on any atom is 0.506 e. The highest BCUT2D eigenvalue weighted by atomic mass is 16.7. The van der Waals surface area contributed by atoms with Gasteiger partial charge in [0.1, 0.15) is 6.10 Å². The summed E-state index contributed by atoms with van der Waals surface area (Å²) in [5.41, 5.74) is 5.74. The maximum atomic E-state index is 10.2. The summed E-state index contributed by atoms with van der Waals surface area (Å²) < 4.78 is 4.65. The van der Waals surface area contributed by atoms with Crippen LogP contribution < -0.4 is 5.73 Å². The van der Waals surface area contributed by atoms with Crippen molar-refractivity contribution in [3.05, 3.63) is 12.2 Å². The molecule has 74 valence electrons. The van der Waals surface area contributed by atoms with Crippen LogP contribution in [0.25, 0.3) is 0 Å². The second-order valence-corrected chi connectivity index (χ2v) is 3.28. The molecule has 2 unspecified atom stereocenters. The van der Waals surface area contributed by atoms with Gasteiger partial charge < -0.3 is 15.6 Å². The SMILES string of the molecule is NC1CC=CC(OC(=O)O)CCC1. The first-order chi connectivity index (χ1) is 6.18. The van der Waals surface area contributed by atoms with Crippen molar-refractivity contribution in [1.82, 2.24) is 0 Å². The predicted molar refractivity (Wildman–Crippen MR) is 48.5 cm³/mol. The second kappa shape index (κ2) is 4.87. The first-order valence-electron chi connectivity index (χ1n) is 4.50. The smallest absolute Gasteiger partial charge is 0.450 e. The van der Waals surface area contributed by atoms with Crippen molar-refractivity contribution in [2.75, 3.05) is 0 Å². The fraction of sp³-hybridized carbons (Fsp3) is 0.667. The van der Waals surface area contributed by atoms with E-state index in [2.05, 4.69) is 4.74 Å². The molecule has 0 amide bonds. The number of ether oxygens (including phenoxy) is 1. The van der Waals surface area contributed by atoms with E-state index in [4.69, 9.17) is 10.8 Å². The van der Waals surface area contributed by atoms with Crippen LogP contribution in [-0.4, -0.2) is 23.4 Å². The number of rotatable bonds is 1. The Morgan fingerprint density at radius 3 is 3.00 bits per heavy atom. The van der Waals surface area contributed by atoms with Gasteiger partial charge in [0, 0.05) is 6.04 Å². The molecular weight excluding hydrogens is 170 g/mol. The van der Waals surface area contributed by atoms with Crippen molar-refractivity contribution in [3.8, 4) is 0 Å². The van der Waals surface area contributed by atoms with Crippen molar-refractivity contribution >= 4 is 6.16 Å². The van der Waals surface area contributed by atoms with Crippen molar-refractivity contribution in [3.63, 3.8) is 0 Å². The first kappa shape index (κ1) is 10.1. The van der Waals surface area contributed by atoms with Crippen molar-refractivity contribution in [2.24, 2.45) is 5.73 Å². The van der Waals surface area contributed by atoms with Crippen molar-refractivity contribution in [2.45, 2.75) is 37.8 Å². The van der Waals surface area contributed by atoms with Gasteiger partial charge in [-0.15, -0.1) is 0 Å². The molecule has 4 nitrogen and oxygen atoms in total.